The van der Waals surface area contributed by atoms with Gasteiger partial charge in [0, 0.05) is 6.54 Å². The molecule has 1 unspecified atom stereocenters. The van der Waals surface area contributed by atoms with Crippen molar-refractivity contribution in [1.29, 1.82) is 0 Å². The molecule has 1 amide bonds. The van der Waals surface area contributed by atoms with Crippen LogP contribution in [0.1, 0.15) is 17.2 Å². The van der Waals surface area contributed by atoms with Crippen LogP contribution in [0.5, 0.6) is 0 Å². The smallest absolute Gasteiger partial charge is 0.239 e. The van der Waals surface area contributed by atoms with Crippen LogP contribution in [0.2, 0.25) is 10.0 Å². The summed E-state index contributed by atoms with van der Waals surface area (Å²) >= 11 is 12.1. The number of carbonyl (C=O) groups is 1. The van der Waals surface area contributed by atoms with E-state index in [0.717, 1.165) is 5.56 Å². The molecule has 0 aliphatic carbocycles. The molecule has 0 aliphatic heterocycles. The monoisotopic (exact) mass is 308 g/mol. The Labute approximate surface area is 127 Å². The lowest BCUT2D eigenvalue weighted by Gasteiger charge is -2.17. The van der Waals surface area contributed by atoms with Crippen LogP contribution in [0.15, 0.2) is 48.5 Å². The number of rotatable bonds is 5. The SMILES string of the molecule is NC(=O)C(NCc1ccccc1)c1cccc(Cl)c1Cl. The van der Waals surface area contributed by atoms with E-state index in [1.807, 2.05) is 30.3 Å². The lowest BCUT2D eigenvalue weighted by Crippen LogP contribution is -2.33. The highest BCUT2D eigenvalue weighted by Gasteiger charge is 2.21. The summed E-state index contributed by atoms with van der Waals surface area (Å²) in [4.78, 5) is 11.6. The molecule has 2 rings (SSSR count). The van der Waals surface area contributed by atoms with Crippen LogP contribution in [0.4, 0.5) is 0 Å². The average Bonchev–Trinajstić information content (AvgIpc) is 2.44. The van der Waals surface area contributed by atoms with Crippen LogP contribution < -0.4 is 11.1 Å². The van der Waals surface area contributed by atoms with Crippen molar-refractivity contribution in [2.45, 2.75) is 12.6 Å². The molecule has 0 heterocycles. The summed E-state index contributed by atoms with van der Waals surface area (Å²) < 4.78 is 0. The normalized spacial score (nSPS) is 12.1. The minimum atomic E-state index is -0.679. The van der Waals surface area contributed by atoms with Crippen molar-refractivity contribution in [3.63, 3.8) is 0 Å². The molecule has 0 saturated carbocycles. The third kappa shape index (κ3) is 3.51. The van der Waals surface area contributed by atoms with Crippen LogP contribution in [0, 0.1) is 0 Å². The van der Waals surface area contributed by atoms with E-state index in [4.69, 9.17) is 28.9 Å². The Morgan fingerprint density at radius 3 is 2.45 bits per heavy atom. The molecule has 0 bridgehead atoms. The van der Waals surface area contributed by atoms with E-state index in [9.17, 15) is 4.79 Å². The molecule has 1 atom stereocenters. The van der Waals surface area contributed by atoms with E-state index < -0.39 is 11.9 Å². The van der Waals surface area contributed by atoms with Gasteiger partial charge in [-0.2, -0.15) is 0 Å². The molecule has 0 aliphatic rings. The maximum atomic E-state index is 11.6. The van der Waals surface area contributed by atoms with E-state index in [1.54, 1.807) is 18.2 Å². The quantitative estimate of drug-likeness (QED) is 0.890. The highest BCUT2D eigenvalue weighted by molar-refractivity contribution is 6.42. The summed E-state index contributed by atoms with van der Waals surface area (Å²) in [5, 5.41) is 3.85. The van der Waals surface area contributed by atoms with E-state index >= 15 is 0 Å². The zero-order valence-electron chi connectivity index (χ0n) is 10.6. The number of nitrogens with two attached hydrogens (primary N) is 1. The molecule has 3 nitrogen and oxygen atoms in total. The summed E-state index contributed by atoms with van der Waals surface area (Å²) in [5.74, 6) is -0.495. The number of amides is 1. The zero-order chi connectivity index (χ0) is 14.5. The molecule has 5 heteroatoms. The second-order valence-corrected chi connectivity index (χ2v) is 5.13. The van der Waals surface area contributed by atoms with Gasteiger partial charge >= 0.3 is 0 Å². The number of hydrogen-bond acceptors (Lipinski definition) is 2. The minimum Gasteiger partial charge on any atom is -0.368 e. The van der Waals surface area contributed by atoms with Gasteiger partial charge in [0.25, 0.3) is 0 Å². The van der Waals surface area contributed by atoms with Gasteiger partial charge in [0.15, 0.2) is 0 Å². The molecular formula is C15H14Cl2N2O. The third-order valence-electron chi connectivity index (χ3n) is 2.93. The van der Waals surface area contributed by atoms with E-state index in [1.165, 1.54) is 0 Å². The summed E-state index contributed by atoms with van der Waals surface area (Å²) in [6.45, 7) is 0.511. The number of carbonyl (C=O) groups excluding carboxylic acids is 1. The van der Waals surface area contributed by atoms with Gasteiger partial charge in [-0.05, 0) is 17.2 Å². The van der Waals surface area contributed by atoms with Gasteiger partial charge in [-0.1, -0.05) is 65.7 Å². The van der Waals surface area contributed by atoms with Gasteiger partial charge in [0.05, 0.1) is 10.0 Å². The number of primary amides is 1. The minimum absolute atomic E-state index is 0.346. The fourth-order valence-corrected chi connectivity index (χ4v) is 2.34. The first-order valence-electron chi connectivity index (χ1n) is 6.10. The summed E-state index contributed by atoms with van der Waals surface area (Å²) in [5.41, 5.74) is 7.09. The molecule has 2 aromatic carbocycles. The topological polar surface area (TPSA) is 55.1 Å². The van der Waals surface area contributed by atoms with Gasteiger partial charge in [-0.25, -0.2) is 0 Å². The number of hydrogen-bond donors (Lipinski definition) is 2. The van der Waals surface area contributed by atoms with Crippen LogP contribution >= 0.6 is 23.2 Å². The third-order valence-corrected chi connectivity index (χ3v) is 3.76. The van der Waals surface area contributed by atoms with Crippen LogP contribution in [0.25, 0.3) is 0 Å². The first-order valence-corrected chi connectivity index (χ1v) is 6.85. The van der Waals surface area contributed by atoms with Crippen molar-refractivity contribution in [2.75, 3.05) is 0 Å². The molecule has 0 fully saturated rings. The highest BCUT2D eigenvalue weighted by atomic mass is 35.5. The van der Waals surface area contributed by atoms with E-state index in [0.29, 0.717) is 22.2 Å². The standard InChI is InChI=1S/C15H14Cl2N2O/c16-12-8-4-7-11(13(12)17)14(15(18)20)19-9-10-5-2-1-3-6-10/h1-8,14,19H,9H2,(H2,18,20). The van der Waals surface area contributed by atoms with Crippen LogP contribution in [0.3, 0.4) is 0 Å². The highest BCUT2D eigenvalue weighted by Crippen LogP contribution is 2.30. The fraction of sp³-hybridized carbons (Fsp3) is 0.133. The maximum absolute atomic E-state index is 11.6. The largest absolute Gasteiger partial charge is 0.368 e. The molecule has 3 N–H and O–H groups in total. The van der Waals surface area contributed by atoms with Crippen LogP contribution in [-0.4, -0.2) is 5.91 Å². The summed E-state index contributed by atoms with van der Waals surface area (Å²) in [6.07, 6.45) is 0. The summed E-state index contributed by atoms with van der Waals surface area (Å²) in [7, 11) is 0. The van der Waals surface area contributed by atoms with Crippen molar-refractivity contribution in [2.24, 2.45) is 5.73 Å². The molecule has 0 aromatic heterocycles. The van der Waals surface area contributed by atoms with Crippen molar-refractivity contribution >= 4 is 29.1 Å². The lowest BCUT2D eigenvalue weighted by atomic mass is 10.1. The average molecular weight is 309 g/mol. The second kappa shape index (κ2) is 6.75. The predicted octanol–water partition coefficient (Wildman–Crippen LogP) is 3.31. The lowest BCUT2D eigenvalue weighted by molar-refractivity contribution is -0.120. The van der Waals surface area contributed by atoms with Gasteiger partial charge in [-0.3, -0.25) is 10.1 Å². The number of benzene rings is 2. The molecule has 104 valence electrons. The molecule has 2 aromatic rings. The molecule has 0 saturated heterocycles. The molecular weight excluding hydrogens is 295 g/mol. The fourth-order valence-electron chi connectivity index (χ4n) is 1.92. The Kier molecular flexibility index (Phi) is 5.01. The second-order valence-electron chi connectivity index (χ2n) is 4.34. The first kappa shape index (κ1) is 14.9. The van der Waals surface area contributed by atoms with Crippen LogP contribution in [-0.2, 0) is 11.3 Å². The van der Waals surface area contributed by atoms with Gasteiger partial charge in [-0.15, -0.1) is 0 Å². The van der Waals surface area contributed by atoms with Crippen molar-refractivity contribution in [3.8, 4) is 0 Å². The zero-order valence-corrected chi connectivity index (χ0v) is 12.2. The van der Waals surface area contributed by atoms with Gasteiger partial charge in [0.2, 0.25) is 5.91 Å². The summed E-state index contributed by atoms with van der Waals surface area (Å²) in [6, 6.07) is 14.2. The Bertz CT molecular complexity index is 602. The number of halogens is 2. The Balaban J connectivity index is 2.20. The van der Waals surface area contributed by atoms with Crippen molar-refractivity contribution in [3.05, 3.63) is 69.7 Å². The number of nitrogens with one attached hydrogen (secondary N) is 1. The Hall–Kier alpha value is -1.55. The van der Waals surface area contributed by atoms with Gasteiger partial charge in [0.1, 0.15) is 6.04 Å². The maximum Gasteiger partial charge on any atom is 0.239 e. The predicted molar refractivity (Wildman–Crippen MR) is 81.7 cm³/mol. The Morgan fingerprint density at radius 2 is 1.80 bits per heavy atom. The van der Waals surface area contributed by atoms with E-state index in [-0.39, 0.29) is 0 Å². The Morgan fingerprint density at radius 1 is 1.10 bits per heavy atom. The van der Waals surface area contributed by atoms with Crippen molar-refractivity contribution < 1.29 is 4.79 Å². The van der Waals surface area contributed by atoms with Gasteiger partial charge < -0.3 is 5.73 Å². The first-order chi connectivity index (χ1) is 9.59. The van der Waals surface area contributed by atoms with E-state index in [2.05, 4.69) is 5.32 Å². The van der Waals surface area contributed by atoms with Crippen molar-refractivity contribution in [1.82, 2.24) is 5.32 Å². The molecule has 0 radical (unpaired) electrons. The molecule has 20 heavy (non-hydrogen) atoms. The molecule has 0 spiro atoms.